The maximum Gasteiger partial charge on any atom is 0.219 e. The quantitative estimate of drug-likeness (QED) is 0.220. The lowest BCUT2D eigenvalue weighted by molar-refractivity contribution is 0.155. The van der Waals surface area contributed by atoms with Crippen molar-refractivity contribution in [3.63, 3.8) is 0 Å². The Balaban J connectivity index is 1.64. The molecule has 0 aliphatic rings. The molecule has 2 heterocycles. The van der Waals surface area contributed by atoms with Gasteiger partial charge in [0.2, 0.25) is 5.88 Å². The highest BCUT2D eigenvalue weighted by molar-refractivity contribution is 6.76. The number of nitrogens with zero attached hydrogens (tertiary/aromatic N) is 2. The van der Waals surface area contributed by atoms with Gasteiger partial charge in [0.25, 0.3) is 0 Å². The van der Waals surface area contributed by atoms with E-state index in [1.807, 2.05) is 24.3 Å². The minimum atomic E-state index is -1.12. The number of pyridine rings is 1. The Bertz CT molecular complexity index is 1060. The van der Waals surface area contributed by atoms with Crippen LogP contribution in [-0.2, 0) is 11.2 Å². The Labute approximate surface area is 189 Å². The lowest BCUT2D eigenvalue weighted by Gasteiger charge is -2.14. The Morgan fingerprint density at radius 3 is 2.78 bits per heavy atom. The van der Waals surface area contributed by atoms with Crippen LogP contribution in [0, 0.1) is 5.41 Å². The fourth-order valence-corrected chi connectivity index (χ4v) is 3.87. The molecular formula is C24H31N3O4Si. The first kappa shape index (κ1) is 23.8. The SMILES string of the molecule is C[Si](C)(C)CCOCN=C(CC=N)c1ccc(Oc2ccc3c(CCO)coc3c2)nc1. The molecule has 170 valence electrons. The Hall–Kier alpha value is -2.81. The van der Waals surface area contributed by atoms with Crippen LogP contribution in [0.1, 0.15) is 17.5 Å². The van der Waals surface area contributed by atoms with Crippen molar-refractivity contribution in [1.29, 1.82) is 5.41 Å². The van der Waals surface area contributed by atoms with Gasteiger partial charge >= 0.3 is 0 Å². The fourth-order valence-electron chi connectivity index (χ4n) is 3.11. The number of furan rings is 1. The molecule has 2 N–H and O–H groups in total. The van der Waals surface area contributed by atoms with Crippen molar-refractivity contribution < 1.29 is 19.0 Å². The van der Waals surface area contributed by atoms with E-state index in [0.717, 1.165) is 28.3 Å². The predicted octanol–water partition coefficient (Wildman–Crippen LogP) is 5.30. The van der Waals surface area contributed by atoms with Gasteiger partial charge in [0.15, 0.2) is 0 Å². The zero-order valence-corrected chi connectivity index (χ0v) is 19.9. The first-order valence-corrected chi connectivity index (χ1v) is 14.5. The van der Waals surface area contributed by atoms with Crippen molar-refractivity contribution in [1.82, 2.24) is 4.98 Å². The highest BCUT2D eigenvalue weighted by atomic mass is 28.3. The van der Waals surface area contributed by atoms with Crippen molar-refractivity contribution in [3.8, 4) is 11.6 Å². The normalized spacial score (nSPS) is 12.3. The van der Waals surface area contributed by atoms with Gasteiger partial charge in [-0.3, -0.25) is 4.99 Å². The zero-order chi connectivity index (χ0) is 23.0. The summed E-state index contributed by atoms with van der Waals surface area (Å²) in [7, 11) is -1.12. The third kappa shape index (κ3) is 6.85. The second-order valence-electron chi connectivity index (χ2n) is 8.74. The second kappa shape index (κ2) is 11.2. The van der Waals surface area contributed by atoms with Crippen LogP contribution in [0.5, 0.6) is 11.6 Å². The monoisotopic (exact) mass is 453 g/mol. The second-order valence-corrected chi connectivity index (χ2v) is 14.4. The summed E-state index contributed by atoms with van der Waals surface area (Å²) in [5.41, 5.74) is 3.28. The number of rotatable bonds is 12. The molecule has 0 saturated heterocycles. The molecule has 8 heteroatoms. The van der Waals surface area contributed by atoms with Gasteiger partial charge in [-0.15, -0.1) is 0 Å². The van der Waals surface area contributed by atoms with Crippen LogP contribution in [0.3, 0.4) is 0 Å². The molecule has 0 radical (unpaired) electrons. The molecule has 32 heavy (non-hydrogen) atoms. The summed E-state index contributed by atoms with van der Waals surface area (Å²) in [6, 6.07) is 10.4. The summed E-state index contributed by atoms with van der Waals surface area (Å²) in [6.07, 6.45) is 5.67. The number of hydrogen-bond acceptors (Lipinski definition) is 7. The average molecular weight is 454 g/mol. The molecule has 0 spiro atoms. The number of aliphatic hydroxyl groups excluding tert-OH is 1. The maximum absolute atomic E-state index is 9.14. The van der Waals surface area contributed by atoms with Crippen LogP contribution < -0.4 is 4.74 Å². The number of aliphatic imine (C=N–C) groups is 1. The van der Waals surface area contributed by atoms with Crippen LogP contribution in [-0.4, -0.2) is 50.0 Å². The number of hydrogen-bond donors (Lipinski definition) is 2. The van der Waals surface area contributed by atoms with E-state index in [1.54, 1.807) is 18.5 Å². The smallest absolute Gasteiger partial charge is 0.219 e. The Kier molecular flexibility index (Phi) is 8.32. The fraction of sp³-hybridized carbons (Fsp3) is 0.375. The number of benzene rings is 1. The molecule has 0 fully saturated rings. The van der Waals surface area contributed by atoms with Gasteiger partial charge in [0.1, 0.15) is 18.1 Å². The summed E-state index contributed by atoms with van der Waals surface area (Å²) in [6.45, 7) is 8.03. The van der Waals surface area contributed by atoms with Crippen LogP contribution in [0.15, 0.2) is 52.2 Å². The summed E-state index contributed by atoms with van der Waals surface area (Å²) < 4.78 is 17.1. The molecule has 1 aromatic carbocycles. The topological polar surface area (TPSA) is 101 Å². The molecule has 7 nitrogen and oxygen atoms in total. The predicted molar refractivity (Wildman–Crippen MR) is 130 cm³/mol. The highest BCUT2D eigenvalue weighted by Crippen LogP contribution is 2.28. The van der Waals surface area contributed by atoms with E-state index in [4.69, 9.17) is 24.4 Å². The Morgan fingerprint density at radius 1 is 1.25 bits per heavy atom. The molecule has 0 amide bonds. The van der Waals surface area contributed by atoms with Crippen molar-refractivity contribution in [2.24, 2.45) is 4.99 Å². The van der Waals surface area contributed by atoms with Crippen LogP contribution in [0.4, 0.5) is 0 Å². The number of nitrogens with one attached hydrogen (secondary N) is 1. The number of aliphatic hydroxyl groups is 1. The minimum absolute atomic E-state index is 0.0804. The zero-order valence-electron chi connectivity index (χ0n) is 18.9. The molecule has 3 rings (SSSR count). The third-order valence-electron chi connectivity index (χ3n) is 4.94. The summed E-state index contributed by atoms with van der Waals surface area (Å²) in [4.78, 5) is 8.91. The van der Waals surface area contributed by atoms with Crippen LogP contribution in [0.25, 0.3) is 11.0 Å². The van der Waals surface area contributed by atoms with E-state index in [2.05, 4.69) is 29.6 Å². The van der Waals surface area contributed by atoms with Crippen molar-refractivity contribution in [3.05, 3.63) is 53.9 Å². The van der Waals surface area contributed by atoms with Gasteiger partial charge < -0.3 is 24.4 Å². The molecular weight excluding hydrogens is 422 g/mol. The summed E-state index contributed by atoms with van der Waals surface area (Å²) >= 11 is 0. The molecule has 3 aromatic rings. The van der Waals surface area contributed by atoms with E-state index < -0.39 is 8.07 Å². The van der Waals surface area contributed by atoms with E-state index in [1.165, 1.54) is 6.21 Å². The van der Waals surface area contributed by atoms with Crippen LogP contribution >= 0.6 is 0 Å². The minimum Gasteiger partial charge on any atom is -0.464 e. The van der Waals surface area contributed by atoms with E-state index in [-0.39, 0.29) is 13.3 Å². The number of aromatic nitrogens is 1. The molecule has 0 unspecified atom stereocenters. The maximum atomic E-state index is 9.14. The lowest BCUT2D eigenvalue weighted by atomic mass is 10.1. The molecule has 2 aromatic heterocycles. The highest BCUT2D eigenvalue weighted by Gasteiger charge is 2.12. The summed E-state index contributed by atoms with van der Waals surface area (Å²) in [5, 5.41) is 17.6. The average Bonchev–Trinajstić information content (AvgIpc) is 3.15. The van der Waals surface area contributed by atoms with Crippen molar-refractivity contribution in [2.45, 2.75) is 38.5 Å². The van der Waals surface area contributed by atoms with Gasteiger partial charge in [0.05, 0.1) is 12.0 Å². The van der Waals surface area contributed by atoms with E-state index in [0.29, 0.717) is 36.7 Å². The van der Waals surface area contributed by atoms with Crippen LogP contribution in [0.2, 0.25) is 25.7 Å². The first-order valence-electron chi connectivity index (χ1n) is 10.7. The lowest BCUT2D eigenvalue weighted by Crippen LogP contribution is -2.21. The van der Waals surface area contributed by atoms with E-state index in [9.17, 15) is 0 Å². The van der Waals surface area contributed by atoms with Gasteiger partial charge in [-0.05, 0) is 30.7 Å². The molecule has 0 aliphatic heterocycles. The molecule has 0 aliphatic carbocycles. The molecule has 0 atom stereocenters. The van der Waals surface area contributed by atoms with Crippen molar-refractivity contribution >= 4 is 31.0 Å². The molecule has 0 bridgehead atoms. The first-order chi connectivity index (χ1) is 15.4. The van der Waals surface area contributed by atoms with Gasteiger partial charge in [-0.2, -0.15) is 0 Å². The molecule has 0 saturated carbocycles. The Morgan fingerprint density at radius 2 is 2.09 bits per heavy atom. The van der Waals surface area contributed by atoms with Gasteiger partial charge in [-0.25, -0.2) is 4.98 Å². The number of ether oxygens (including phenoxy) is 2. The van der Waals surface area contributed by atoms with E-state index >= 15 is 0 Å². The number of fused-ring (bicyclic) bond motifs is 1. The standard InChI is InChI=1S/C24H31N3O4Si/c1-32(2,3)13-12-29-17-27-22(8-10-25)18-4-7-24(26-15-18)31-20-5-6-21-19(9-11-28)16-30-23(21)14-20/h4-7,10,14-16,25,28H,8-9,11-13,17H2,1-3H3. The summed E-state index contributed by atoms with van der Waals surface area (Å²) in [5.74, 6) is 1.07. The van der Waals surface area contributed by atoms with Gasteiger partial charge in [-0.1, -0.05) is 19.6 Å². The van der Waals surface area contributed by atoms with Gasteiger partial charge in [0, 0.05) is 68.8 Å². The third-order valence-corrected chi connectivity index (χ3v) is 6.64. The largest absolute Gasteiger partial charge is 0.464 e. The van der Waals surface area contributed by atoms with Crippen molar-refractivity contribution in [2.75, 3.05) is 19.9 Å².